The number of amides is 1. The van der Waals surface area contributed by atoms with Crippen LogP contribution in [0.25, 0.3) is 0 Å². The standard InChI is InChI=1S/C18H17N3O5S/c1-26-18(23)13-7-5-8-15(10-13)20-17(22)12-21(27(2,24)25)16-9-4-3-6-14(16)11-19/h3-10H,12H2,1-2H3,(H,20,22). The van der Waals surface area contributed by atoms with Crippen LogP contribution in [0.15, 0.2) is 48.5 Å². The molecule has 0 fully saturated rings. The third-order valence-electron chi connectivity index (χ3n) is 3.55. The summed E-state index contributed by atoms with van der Waals surface area (Å²) in [4.78, 5) is 23.9. The van der Waals surface area contributed by atoms with Gasteiger partial charge in [-0.2, -0.15) is 5.26 Å². The maximum atomic E-state index is 12.4. The minimum absolute atomic E-state index is 0.112. The molecule has 8 nitrogen and oxygen atoms in total. The van der Waals surface area contributed by atoms with Crippen LogP contribution in [0, 0.1) is 11.3 Å². The number of carbonyl (C=O) groups excluding carboxylic acids is 2. The first-order valence-electron chi connectivity index (χ1n) is 7.71. The Bertz CT molecular complexity index is 1010. The first-order valence-corrected chi connectivity index (χ1v) is 9.56. The molecule has 0 heterocycles. The molecule has 0 aromatic heterocycles. The van der Waals surface area contributed by atoms with Gasteiger partial charge in [0.1, 0.15) is 12.6 Å². The Morgan fingerprint density at radius 2 is 1.89 bits per heavy atom. The lowest BCUT2D eigenvalue weighted by Crippen LogP contribution is -2.37. The average molecular weight is 387 g/mol. The molecule has 140 valence electrons. The van der Waals surface area contributed by atoms with Gasteiger partial charge in [0.05, 0.1) is 30.2 Å². The van der Waals surface area contributed by atoms with Crippen molar-refractivity contribution in [3.05, 3.63) is 59.7 Å². The molecule has 0 aliphatic heterocycles. The molecule has 1 N–H and O–H groups in total. The molecule has 9 heteroatoms. The molecule has 2 aromatic carbocycles. The Kier molecular flexibility index (Phi) is 6.15. The Morgan fingerprint density at radius 1 is 1.19 bits per heavy atom. The minimum Gasteiger partial charge on any atom is -0.465 e. The molecule has 0 aliphatic carbocycles. The molecule has 0 unspecified atom stereocenters. The van der Waals surface area contributed by atoms with Crippen LogP contribution in [0.2, 0.25) is 0 Å². The normalized spacial score (nSPS) is 10.6. The highest BCUT2D eigenvalue weighted by Gasteiger charge is 2.23. The number of anilines is 2. The second-order valence-corrected chi connectivity index (χ2v) is 7.43. The molecule has 2 aromatic rings. The topological polar surface area (TPSA) is 117 Å². The molecular formula is C18H17N3O5S. The zero-order chi connectivity index (χ0) is 20.0. The molecule has 2 rings (SSSR count). The molecule has 0 atom stereocenters. The van der Waals surface area contributed by atoms with Crippen LogP contribution in [-0.2, 0) is 19.6 Å². The van der Waals surface area contributed by atoms with Crippen LogP contribution in [-0.4, -0.2) is 40.2 Å². The Balaban J connectivity index is 2.26. The van der Waals surface area contributed by atoms with Crippen molar-refractivity contribution in [1.82, 2.24) is 0 Å². The average Bonchev–Trinajstić information content (AvgIpc) is 2.64. The molecule has 0 radical (unpaired) electrons. The van der Waals surface area contributed by atoms with E-state index in [1.54, 1.807) is 24.3 Å². The molecule has 0 bridgehead atoms. The van der Waals surface area contributed by atoms with Crippen molar-refractivity contribution < 1.29 is 22.7 Å². The molecule has 1 amide bonds. The van der Waals surface area contributed by atoms with Gasteiger partial charge in [-0.25, -0.2) is 13.2 Å². The van der Waals surface area contributed by atoms with Gasteiger partial charge in [0.2, 0.25) is 15.9 Å². The number of nitrogens with zero attached hydrogens (tertiary/aromatic N) is 2. The van der Waals surface area contributed by atoms with Gasteiger partial charge in [-0.15, -0.1) is 0 Å². The fourth-order valence-electron chi connectivity index (χ4n) is 2.34. The number of rotatable bonds is 6. The molecule has 0 aliphatic rings. The first kappa shape index (κ1) is 19.9. The lowest BCUT2D eigenvalue weighted by molar-refractivity contribution is -0.114. The summed E-state index contributed by atoms with van der Waals surface area (Å²) >= 11 is 0. The number of carbonyl (C=O) groups is 2. The highest BCUT2D eigenvalue weighted by Crippen LogP contribution is 2.22. The monoisotopic (exact) mass is 387 g/mol. The van der Waals surface area contributed by atoms with Crippen molar-refractivity contribution in [3.63, 3.8) is 0 Å². The summed E-state index contributed by atoms with van der Waals surface area (Å²) in [6, 6.07) is 14.0. The summed E-state index contributed by atoms with van der Waals surface area (Å²) in [5.41, 5.74) is 0.791. The van der Waals surface area contributed by atoms with Gasteiger partial charge >= 0.3 is 5.97 Å². The van der Waals surface area contributed by atoms with Gasteiger partial charge < -0.3 is 10.1 Å². The first-order chi connectivity index (χ1) is 12.8. The predicted molar refractivity (Wildman–Crippen MR) is 99.8 cm³/mol. The molecule has 0 saturated carbocycles. The third-order valence-corrected chi connectivity index (χ3v) is 4.67. The van der Waals surface area contributed by atoms with Gasteiger partial charge in [-0.1, -0.05) is 18.2 Å². The fraction of sp³-hybridized carbons (Fsp3) is 0.167. The summed E-state index contributed by atoms with van der Waals surface area (Å²) in [7, 11) is -2.58. The number of esters is 1. The van der Waals surface area contributed by atoms with Crippen LogP contribution in [0.1, 0.15) is 15.9 Å². The van der Waals surface area contributed by atoms with Gasteiger partial charge in [-0.3, -0.25) is 9.10 Å². The van der Waals surface area contributed by atoms with E-state index in [0.29, 0.717) is 5.69 Å². The SMILES string of the molecule is COC(=O)c1cccc(NC(=O)CN(c2ccccc2C#N)S(C)(=O)=O)c1. The zero-order valence-electron chi connectivity index (χ0n) is 14.7. The number of para-hydroxylation sites is 1. The lowest BCUT2D eigenvalue weighted by atomic mass is 10.2. The Labute approximate surface area is 157 Å². The van der Waals surface area contributed by atoms with Gasteiger partial charge in [0, 0.05) is 5.69 Å². The number of nitrogens with one attached hydrogen (secondary N) is 1. The third kappa shape index (κ3) is 5.05. The smallest absolute Gasteiger partial charge is 0.337 e. The van der Waals surface area contributed by atoms with Crippen molar-refractivity contribution in [3.8, 4) is 6.07 Å². The van der Waals surface area contributed by atoms with Crippen LogP contribution in [0.3, 0.4) is 0 Å². The molecule has 0 saturated heterocycles. The quantitative estimate of drug-likeness (QED) is 0.755. The predicted octanol–water partition coefficient (Wildman–Crippen LogP) is 1.75. The van der Waals surface area contributed by atoms with Crippen LogP contribution in [0.5, 0.6) is 0 Å². The second kappa shape index (κ2) is 8.33. The summed E-state index contributed by atoms with van der Waals surface area (Å²) in [6.07, 6.45) is 0.951. The van der Waals surface area contributed by atoms with E-state index >= 15 is 0 Å². The minimum atomic E-state index is -3.82. The summed E-state index contributed by atoms with van der Waals surface area (Å²) in [5.74, 6) is -1.19. The fourth-order valence-corrected chi connectivity index (χ4v) is 3.21. The van der Waals surface area contributed by atoms with Gasteiger partial charge in [0.25, 0.3) is 0 Å². The number of hydrogen-bond acceptors (Lipinski definition) is 6. The zero-order valence-corrected chi connectivity index (χ0v) is 15.5. The van der Waals surface area contributed by atoms with Crippen LogP contribution >= 0.6 is 0 Å². The van der Waals surface area contributed by atoms with Crippen LogP contribution in [0.4, 0.5) is 11.4 Å². The maximum Gasteiger partial charge on any atom is 0.337 e. The summed E-state index contributed by atoms with van der Waals surface area (Å²) in [6.45, 7) is -0.528. The van der Waals surface area contributed by atoms with E-state index in [-0.39, 0.29) is 16.8 Å². The Hall–Kier alpha value is -3.38. The lowest BCUT2D eigenvalue weighted by Gasteiger charge is -2.22. The van der Waals surface area contributed by atoms with E-state index in [2.05, 4.69) is 10.1 Å². The second-order valence-electron chi connectivity index (χ2n) is 5.52. The highest BCUT2D eigenvalue weighted by atomic mass is 32.2. The number of nitriles is 1. The van der Waals surface area contributed by atoms with Crippen molar-refractivity contribution >= 4 is 33.3 Å². The van der Waals surface area contributed by atoms with Gasteiger partial charge in [0.15, 0.2) is 0 Å². The van der Waals surface area contributed by atoms with Crippen molar-refractivity contribution in [2.24, 2.45) is 0 Å². The van der Waals surface area contributed by atoms with E-state index in [9.17, 15) is 23.3 Å². The largest absolute Gasteiger partial charge is 0.465 e. The number of hydrogen-bond donors (Lipinski definition) is 1. The van der Waals surface area contributed by atoms with Crippen molar-refractivity contribution in [2.75, 3.05) is 29.5 Å². The number of methoxy groups -OCH3 is 1. The van der Waals surface area contributed by atoms with E-state index < -0.39 is 28.4 Å². The van der Waals surface area contributed by atoms with Crippen molar-refractivity contribution in [1.29, 1.82) is 5.26 Å². The Morgan fingerprint density at radius 3 is 2.52 bits per heavy atom. The van der Waals surface area contributed by atoms with E-state index in [1.165, 1.54) is 31.4 Å². The van der Waals surface area contributed by atoms with E-state index in [0.717, 1.165) is 10.6 Å². The molecule has 27 heavy (non-hydrogen) atoms. The number of ether oxygens (including phenoxy) is 1. The number of benzene rings is 2. The number of sulfonamides is 1. The van der Waals surface area contributed by atoms with E-state index in [1.807, 2.05) is 6.07 Å². The van der Waals surface area contributed by atoms with Crippen LogP contribution < -0.4 is 9.62 Å². The summed E-state index contributed by atoms with van der Waals surface area (Å²) < 4.78 is 29.8. The molecule has 0 spiro atoms. The van der Waals surface area contributed by atoms with E-state index in [4.69, 9.17) is 0 Å². The van der Waals surface area contributed by atoms with Gasteiger partial charge in [-0.05, 0) is 30.3 Å². The van der Waals surface area contributed by atoms with Crippen molar-refractivity contribution in [2.45, 2.75) is 0 Å². The summed E-state index contributed by atoms with van der Waals surface area (Å²) in [5, 5.41) is 11.7. The maximum absolute atomic E-state index is 12.4. The highest BCUT2D eigenvalue weighted by molar-refractivity contribution is 7.92. The molecular weight excluding hydrogens is 370 g/mol.